The first-order valence-electron chi connectivity index (χ1n) is 9.02. The number of ether oxygens (including phenoxy) is 1. The van der Waals surface area contributed by atoms with Crippen LogP contribution in [0.4, 0.5) is 0 Å². The lowest BCUT2D eigenvalue weighted by atomic mass is 10.1. The fraction of sp³-hybridized carbons (Fsp3) is 0.632. The van der Waals surface area contributed by atoms with E-state index in [1.54, 1.807) is 0 Å². The molecule has 0 aliphatic heterocycles. The number of nitrogens with zero attached hydrogens (tertiary/aromatic N) is 1. The molecule has 0 aromatic carbocycles. The van der Waals surface area contributed by atoms with E-state index in [4.69, 9.17) is 9.84 Å². The number of rotatable bonds is 13. The van der Waals surface area contributed by atoms with Gasteiger partial charge in [0.15, 0.2) is 0 Å². The van der Waals surface area contributed by atoms with Crippen molar-refractivity contribution in [2.24, 2.45) is 0 Å². The van der Waals surface area contributed by atoms with Gasteiger partial charge >= 0.3 is 11.9 Å². The summed E-state index contributed by atoms with van der Waals surface area (Å²) in [6, 6.07) is 4.31. The number of carboxylic acids is 1. The molecular weight excluding hydrogens is 306 g/mol. The lowest BCUT2D eigenvalue weighted by Gasteiger charge is -2.05. The second-order valence-electron chi connectivity index (χ2n) is 6.03. The Morgan fingerprint density at radius 1 is 0.917 bits per heavy atom. The van der Waals surface area contributed by atoms with Crippen LogP contribution in [0.1, 0.15) is 92.1 Å². The molecule has 134 valence electrons. The summed E-state index contributed by atoms with van der Waals surface area (Å²) in [5.74, 6) is -1.71. The molecule has 0 unspecified atom stereocenters. The van der Waals surface area contributed by atoms with E-state index in [1.165, 1.54) is 63.1 Å². The molecule has 0 aliphatic carbocycles. The van der Waals surface area contributed by atoms with E-state index in [9.17, 15) is 9.59 Å². The average molecular weight is 335 g/mol. The van der Waals surface area contributed by atoms with Gasteiger partial charge in [-0.15, -0.1) is 0 Å². The Morgan fingerprint density at radius 3 is 2.04 bits per heavy atom. The Hall–Kier alpha value is -1.91. The number of carboxylic acid groups (broad SMARTS) is 1. The molecule has 24 heavy (non-hydrogen) atoms. The third-order valence-corrected chi connectivity index (χ3v) is 3.91. The van der Waals surface area contributed by atoms with Crippen LogP contribution in [0.3, 0.4) is 0 Å². The molecule has 5 nitrogen and oxygen atoms in total. The number of pyridine rings is 1. The molecule has 0 saturated carbocycles. The van der Waals surface area contributed by atoms with Gasteiger partial charge in [0.1, 0.15) is 11.4 Å². The molecule has 0 fully saturated rings. The molecule has 0 radical (unpaired) electrons. The predicted molar refractivity (Wildman–Crippen MR) is 93.3 cm³/mol. The standard InChI is InChI=1S/C19H29NO4/c1-2-3-4-5-6-7-8-9-10-11-15-24-19(23)17-14-12-13-16(20-17)18(21)22/h12-14H,2-11,15H2,1H3,(H,21,22). The number of aromatic nitrogens is 1. The van der Waals surface area contributed by atoms with Crippen LogP contribution in [0.5, 0.6) is 0 Å². The molecule has 0 spiro atoms. The molecule has 1 aromatic heterocycles. The quantitative estimate of drug-likeness (QED) is 0.411. The van der Waals surface area contributed by atoms with Gasteiger partial charge in [0.05, 0.1) is 6.61 Å². The molecule has 1 N–H and O–H groups in total. The van der Waals surface area contributed by atoms with Gasteiger partial charge in [-0.05, 0) is 18.6 Å². The highest BCUT2D eigenvalue weighted by Crippen LogP contribution is 2.10. The van der Waals surface area contributed by atoms with Gasteiger partial charge in [0, 0.05) is 0 Å². The second-order valence-corrected chi connectivity index (χ2v) is 6.03. The highest BCUT2D eigenvalue weighted by molar-refractivity contribution is 5.90. The van der Waals surface area contributed by atoms with Crippen LogP contribution in [-0.2, 0) is 4.74 Å². The Balaban J connectivity index is 2.06. The van der Waals surface area contributed by atoms with Crippen LogP contribution in [0, 0.1) is 0 Å². The maximum absolute atomic E-state index is 11.8. The fourth-order valence-electron chi connectivity index (χ4n) is 2.50. The van der Waals surface area contributed by atoms with E-state index >= 15 is 0 Å². The lowest BCUT2D eigenvalue weighted by Crippen LogP contribution is -2.11. The highest BCUT2D eigenvalue weighted by atomic mass is 16.5. The summed E-state index contributed by atoms with van der Waals surface area (Å²) in [5.41, 5.74) is -0.106. The maximum atomic E-state index is 11.8. The highest BCUT2D eigenvalue weighted by Gasteiger charge is 2.12. The minimum atomic E-state index is -1.15. The van der Waals surface area contributed by atoms with Gasteiger partial charge in [0.25, 0.3) is 0 Å². The van der Waals surface area contributed by atoms with Crippen LogP contribution in [0.15, 0.2) is 18.2 Å². The maximum Gasteiger partial charge on any atom is 0.356 e. The third kappa shape index (κ3) is 8.65. The molecule has 5 heteroatoms. The molecular formula is C19H29NO4. The minimum Gasteiger partial charge on any atom is -0.477 e. The summed E-state index contributed by atoms with van der Waals surface area (Å²) < 4.78 is 5.14. The van der Waals surface area contributed by atoms with Crippen LogP contribution in [0.2, 0.25) is 0 Å². The van der Waals surface area contributed by atoms with Crippen LogP contribution in [-0.4, -0.2) is 28.6 Å². The third-order valence-electron chi connectivity index (χ3n) is 3.91. The van der Waals surface area contributed by atoms with Crippen molar-refractivity contribution >= 4 is 11.9 Å². The fourth-order valence-corrected chi connectivity index (χ4v) is 2.50. The van der Waals surface area contributed by atoms with Crippen molar-refractivity contribution in [1.82, 2.24) is 4.98 Å². The Kier molecular flexibility index (Phi) is 10.5. The SMILES string of the molecule is CCCCCCCCCCCCOC(=O)c1cccc(C(=O)O)n1. The van der Waals surface area contributed by atoms with Gasteiger partial charge in [-0.2, -0.15) is 0 Å². The molecule has 0 aliphatic rings. The van der Waals surface area contributed by atoms with Gasteiger partial charge in [-0.25, -0.2) is 14.6 Å². The largest absolute Gasteiger partial charge is 0.477 e. The van der Waals surface area contributed by atoms with Crippen LogP contribution in [0.25, 0.3) is 0 Å². The zero-order valence-corrected chi connectivity index (χ0v) is 14.6. The first-order valence-corrected chi connectivity index (χ1v) is 9.02. The summed E-state index contributed by atoms with van der Waals surface area (Å²) in [7, 11) is 0. The number of aromatic carboxylic acids is 1. The van der Waals surface area contributed by atoms with Crippen molar-refractivity contribution in [3.8, 4) is 0 Å². The monoisotopic (exact) mass is 335 g/mol. The second kappa shape index (κ2) is 12.5. The summed E-state index contributed by atoms with van der Waals surface area (Å²) in [6.45, 7) is 2.58. The number of hydrogen-bond donors (Lipinski definition) is 1. The molecule has 1 heterocycles. The van der Waals surface area contributed by atoms with Gasteiger partial charge in [0.2, 0.25) is 0 Å². The number of carbonyl (C=O) groups excluding carboxylic acids is 1. The average Bonchev–Trinajstić information content (AvgIpc) is 2.59. The Bertz CT molecular complexity index is 502. The van der Waals surface area contributed by atoms with E-state index < -0.39 is 11.9 Å². The van der Waals surface area contributed by atoms with Crippen molar-refractivity contribution < 1.29 is 19.4 Å². The summed E-state index contributed by atoms with van der Waals surface area (Å²) >= 11 is 0. The van der Waals surface area contributed by atoms with E-state index in [0.29, 0.717) is 6.61 Å². The molecule has 0 amide bonds. The zero-order chi connectivity index (χ0) is 17.6. The van der Waals surface area contributed by atoms with Crippen molar-refractivity contribution in [1.29, 1.82) is 0 Å². The Morgan fingerprint density at radius 2 is 1.46 bits per heavy atom. The smallest absolute Gasteiger partial charge is 0.356 e. The lowest BCUT2D eigenvalue weighted by molar-refractivity contribution is 0.0490. The summed E-state index contributed by atoms with van der Waals surface area (Å²) in [4.78, 5) is 26.4. The van der Waals surface area contributed by atoms with Crippen molar-refractivity contribution in [2.45, 2.75) is 71.1 Å². The van der Waals surface area contributed by atoms with Crippen LogP contribution >= 0.6 is 0 Å². The van der Waals surface area contributed by atoms with Crippen molar-refractivity contribution in [2.75, 3.05) is 6.61 Å². The summed E-state index contributed by atoms with van der Waals surface area (Å²) in [6.07, 6.45) is 12.2. The summed E-state index contributed by atoms with van der Waals surface area (Å²) in [5, 5.41) is 8.85. The first-order chi connectivity index (χ1) is 11.6. The van der Waals surface area contributed by atoms with Crippen molar-refractivity contribution in [3.05, 3.63) is 29.6 Å². The number of esters is 1. The molecule has 1 aromatic rings. The number of hydrogen-bond acceptors (Lipinski definition) is 4. The van der Waals surface area contributed by atoms with Crippen molar-refractivity contribution in [3.63, 3.8) is 0 Å². The van der Waals surface area contributed by atoms with E-state index in [-0.39, 0.29) is 11.4 Å². The molecule has 0 atom stereocenters. The first kappa shape index (κ1) is 20.1. The van der Waals surface area contributed by atoms with Crippen LogP contribution < -0.4 is 0 Å². The minimum absolute atomic E-state index is 0.0435. The van der Waals surface area contributed by atoms with Gasteiger partial charge < -0.3 is 9.84 Å². The number of carbonyl (C=O) groups is 2. The topological polar surface area (TPSA) is 76.5 Å². The molecule has 0 saturated heterocycles. The van der Waals surface area contributed by atoms with Gasteiger partial charge in [-0.3, -0.25) is 0 Å². The Labute approximate surface area is 144 Å². The predicted octanol–water partition coefficient (Wildman–Crippen LogP) is 4.86. The molecule has 1 rings (SSSR count). The van der Waals surface area contributed by atoms with E-state index in [1.807, 2.05) is 0 Å². The van der Waals surface area contributed by atoms with Gasteiger partial charge in [-0.1, -0.05) is 70.8 Å². The normalized spacial score (nSPS) is 10.5. The molecule has 0 bridgehead atoms. The van der Waals surface area contributed by atoms with E-state index in [0.717, 1.165) is 19.3 Å². The van der Waals surface area contributed by atoms with E-state index in [2.05, 4.69) is 11.9 Å². The zero-order valence-electron chi connectivity index (χ0n) is 14.6. The number of unbranched alkanes of at least 4 members (excludes halogenated alkanes) is 9.